The molecule has 0 amide bonds. The molecule has 0 atom stereocenters. The Labute approximate surface area is 99.0 Å². The van der Waals surface area contributed by atoms with Crippen molar-refractivity contribution in [3.8, 4) is 10.4 Å². The van der Waals surface area contributed by atoms with Gasteiger partial charge in [-0.1, -0.05) is 6.07 Å². The Balaban J connectivity index is 2.16. The molecule has 3 nitrogen and oxygen atoms in total. The smallest absolute Gasteiger partial charge is 0.128 e. The van der Waals surface area contributed by atoms with Gasteiger partial charge >= 0.3 is 0 Å². The third kappa shape index (κ3) is 2.40. The topological polar surface area (TPSA) is 36.4 Å². The van der Waals surface area contributed by atoms with E-state index in [0.717, 1.165) is 11.4 Å². The van der Waals surface area contributed by atoms with Gasteiger partial charge in [-0.05, 0) is 23.6 Å². The first kappa shape index (κ1) is 11.1. The van der Waals surface area contributed by atoms with Crippen LogP contribution in [0.4, 0.5) is 5.82 Å². The Hall–Kier alpha value is -1.39. The average molecular weight is 234 g/mol. The van der Waals surface area contributed by atoms with Crippen molar-refractivity contribution in [1.82, 2.24) is 4.98 Å². The molecule has 0 aliphatic rings. The SMILES string of the molecule is CN(CCO)c1ccc(-c2cccs2)cn1. The number of aliphatic hydroxyl groups excluding tert-OH is 1. The fraction of sp³-hybridized carbons (Fsp3) is 0.250. The quantitative estimate of drug-likeness (QED) is 0.881. The van der Waals surface area contributed by atoms with Crippen molar-refractivity contribution >= 4 is 17.2 Å². The van der Waals surface area contributed by atoms with Crippen LogP contribution >= 0.6 is 11.3 Å². The lowest BCUT2D eigenvalue weighted by Crippen LogP contribution is -2.21. The van der Waals surface area contributed by atoms with Gasteiger partial charge < -0.3 is 10.0 Å². The Morgan fingerprint density at radius 1 is 1.38 bits per heavy atom. The molecular formula is C12H14N2OS. The fourth-order valence-corrected chi connectivity index (χ4v) is 2.18. The van der Waals surface area contributed by atoms with Gasteiger partial charge in [-0.3, -0.25) is 0 Å². The Kier molecular flexibility index (Phi) is 3.54. The van der Waals surface area contributed by atoms with Crippen LogP contribution < -0.4 is 4.90 Å². The van der Waals surface area contributed by atoms with Gasteiger partial charge in [0.1, 0.15) is 5.82 Å². The van der Waals surface area contributed by atoms with E-state index in [1.165, 1.54) is 4.88 Å². The van der Waals surface area contributed by atoms with Crippen molar-refractivity contribution in [1.29, 1.82) is 0 Å². The standard InChI is InChI=1S/C12H14N2OS/c1-14(6-7-15)12-5-4-10(9-13-12)11-3-2-8-16-11/h2-5,8-9,15H,6-7H2,1H3. The summed E-state index contributed by atoms with van der Waals surface area (Å²) in [6.07, 6.45) is 1.87. The van der Waals surface area contributed by atoms with E-state index in [2.05, 4.69) is 22.5 Å². The fourth-order valence-electron chi connectivity index (χ4n) is 1.46. The number of aliphatic hydroxyl groups is 1. The van der Waals surface area contributed by atoms with Crippen molar-refractivity contribution in [2.75, 3.05) is 25.1 Å². The predicted octanol–water partition coefficient (Wildman–Crippen LogP) is 2.24. The van der Waals surface area contributed by atoms with Crippen molar-refractivity contribution in [2.45, 2.75) is 0 Å². The molecule has 0 saturated carbocycles. The van der Waals surface area contributed by atoms with Crippen LogP contribution in [-0.2, 0) is 0 Å². The van der Waals surface area contributed by atoms with Crippen molar-refractivity contribution in [3.05, 3.63) is 35.8 Å². The number of thiophene rings is 1. The van der Waals surface area contributed by atoms with Gasteiger partial charge in [-0.15, -0.1) is 11.3 Å². The predicted molar refractivity (Wildman–Crippen MR) is 67.9 cm³/mol. The molecule has 2 aromatic rings. The third-order valence-corrected chi connectivity index (χ3v) is 3.30. The highest BCUT2D eigenvalue weighted by molar-refractivity contribution is 7.13. The van der Waals surface area contributed by atoms with E-state index in [-0.39, 0.29) is 6.61 Å². The van der Waals surface area contributed by atoms with Gasteiger partial charge in [0.05, 0.1) is 6.61 Å². The Morgan fingerprint density at radius 3 is 2.81 bits per heavy atom. The van der Waals surface area contributed by atoms with E-state index in [4.69, 9.17) is 5.11 Å². The minimum Gasteiger partial charge on any atom is -0.395 e. The number of likely N-dealkylation sites (N-methyl/N-ethyl adjacent to an activating group) is 1. The summed E-state index contributed by atoms with van der Waals surface area (Å²) in [5.74, 6) is 0.884. The minimum absolute atomic E-state index is 0.144. The van der Waals surface area contributed by atoms with Crippen LogP contribution in [0.3, 0.4) is 0 Å². The van der Waals surface area contributed by atoms with E-state index >= 15 is 0 Å². The average Bonchev–Trinajstić information content (AvgIpc) is 2.83. The number of hydrogen-bond donors (Lipinski definition) is 1. The maximum absolute atomic E-state index is 8.84. The lowest BCUT2D eigenvalue weighted by Gasteiger charge is -2.16. The van der Waals surface area contributed by atoms with Gasteiger partial charge in [-0.2, -0.15) is 0 Å². The highest BCUT2D eigenvalue weighted by atomic mass is 32.1. The van der Waals surface area contributed by atoms with Gasteiger partial charge in [0.25, 0.3) is 0 Å². The van der Waals surface area contributed by atoms with Gasteiger partial charge in [-0.25, -0.2) is 4.98 Å². The third-order valence-electron chi connectivity index (χ3n) is 2.38. The van der Waals surface area contributed by atoms with Gasteiger partial charge in [0.2, 0.25) is 0 Å². The lowest BCUT2D eigenvalue weighted by atomic mass is 10.2. The summed E-state index contributed by atoms with van der Waals surface area (Å²) in [4.78, 5) is 7.53. The van der Waals surface area contributed by atoms with Crippen LogP contribution in [0.25, 0.3) is 10.4 Å². The summed E-state index contributed by atoms with van der Waals surface area (Å²) < 4.78 is 0. The van der Waals surface area contributed by atoms with Crippen molar-refractivity contribution in [3.63, 3.8) is 0 Å². The second kappa shape index (κ2) is 5.09. The van der Waals surface area contributed by atoms with E-state index in [1.807, 2.05) is 30.3 Å². The molecule has 0 aliphatic heterocycles. The maximum atomic E-state index is 8.84. The van der Waals surface area contributed by atoms with Crippen molar-refractivity contribution in [2.24, 2.45) is 0 Å². The van der Waals surface area contributed by atoms with E-state index in [1.54, 1.807) is 11.3 Å². The summed E-state index contributed by atoms with van der Waals surface area (Å²) in [6, 6.07) is 8.15. The van der Waals surface area contributed by atoms with Crippen LogP contribution in [0.15, 0.2) is 35.8 Å². The summed E-state index contributed by atoms with van der Waals surface area (Å²) in [6.45, 7) is 0.746. The monoisotopic (exact) mass is 234 g/mol. The first-order valence-electron chi connectivity index (χ1n) is 5.13. The van der Waals surface area contributed by atoms with Crippen molar-refractivity contribution < 1.29 is 5.11 Å². The molecule has 2 aromatic heterocycles. The summed E-state index contributed by atoms with van der Waals surface area (Å²) in [5, 5.41) is 10.9. The van der Waals surface area contributed by atoms with Gasteiger partial charge in [0, 0.05) is 30.2 Å². The molecular weight excluding hydrogens is 220 g/mol. The van der Waals surface area contributed by atoms with Crippen LogP contribution in [0, 0.1) is 0 Å². The zero-order valence-corrected chi connectivity index (χ0v) is 9.94. The molecule has 4 heteroatoms. The highest BCUT2D eigenvalue weighted by Crippen LogP contribution is 2.24. The van der Waals surface area contributed by atoms with E-state index in [0.29, 0.717) is 6.54 Å². The van der Waals surface area contributed by atoms with Crippen LogP contribution in [0.2, 0.25) is 0 Å². The molecule has 0 fully saturated rings. The molecule has 16 heavy (non-hydrogen) atoms. The number of rotatable bonds is 4. The summed E-state index contributed by atoms with van der Waals surface area (Å²) in [5.41, 5.74) is 1.14. The second-order valence-electron chi connectivity index (χ2n) is 3.53. The van der Waals surface area contributed by atoms with Crippen LogP contribution in [-0.4, -0.2) is 30.3 Å². The molecule has 0 aromatic carbocycles. The molecule has 2 rings (SSSR count). The van der Waals surface area contributed by atoms with Crippen LogP contribution in [0.5, 0.6) is 0 Å². The Bertz CT molecular complexity index is 425. The number of aromatic nitrogens is 1. The molecule has 0 saturated heterocycles. The normalized spacial score (nSPS) is 10.4. The first-order valence-corrected chi connectivity index (χ1v) is 6.01. The minimum atomic E-state index is 0.144. The largest absolute Gasteiger partial charge is 0.395 e. The number of anilines is 1. The number of nitrogens with zero attached hydrogens (tertiary/aromatic N) is 2. The summed E-state index contributed by atoms with van der Waals surface area (Å²) >= 11 is 1.71. The summed E-state index contributed by atoms with van der Waals surface area (Å²) in [7, 11) is 1.92. The highest BCUT2D eigenvalue weighted by Gasteiger charge is 2.03. The second-order valence-corrected chi connectivity index (χ2v) is 4.48. The molecule has 2 heterocycles. The Morgan fingerprint density at radius 2 is 2.25 bits per heavy atom. The molecule has 0 bridgehead atoms. The molecule has 0 unspecified atom stereocenters. The van der Waals surface area contributed by atoms with Crippen LogP contribution in [0.1, 0.15) is 0 Å². The maximum Gasteiger partial charge on any atom is 0.128 e. The first-order chi connectivity index (χ1) is 7.81. The lowest BCUT2D eigenvalue weighted by molar-refractivity contribution is 0.304. The molecule has 0 aliphatic carbocycles. The molecule has 84 valence electrons. The zero-order valence-electron chi connectivity index (χ0n) is 9.13. The van der Waals surface area contributed by atoms with E-state index in [9.17, 15) is 0 Å². The van der Waals surface area contributed by atoms with E-state index < -0.39 is 0 Å². The molecule has 0 spiro atoms. The number of hydrogen-bond acceptors (Lipinski definition) is 4. The molecule has 0 radical (unpaired) electrons. The molecule has 1 N–H and O–H groups in total. The zero-order chi connectivity index (χ0) is 11.4. The van der Waals surface area contributed by atoms with Gasteiger partial charge in [0.15, 0.2) is 0 Å². The number of pyridine rings is 1.